The SMILES string of the molecule is Cc1nn(CCC(=O)Nc2nn(Cc3ccc(Cl)c(Cl)c3)cc2Br)c(C)c1Br. The minimum absolute atomic E-state index is 0.135. The number of carbonyl (C=O) groups excluding carboxylic acids is 1. The lowest BCUT2D eigenvalue weighted by Gasteiger charge is -2.06. The van der Waals surface area contributed by atoms with Crippen molar-refractivity contribution < 1.29 is 4.79 Å². The molecule has 0 aliphatic heterocycles. The van der Waals surface area contributed by atoms with E-state index in [1.807, 2.05) is 24.6 Å². The number of carbonyl (C=O) groups is 1. The number of benzene rings is 1. The Balaban J connectivity index is 1.61. The molecule has 1 aromatic carbocycles. The second-order valence-corrected chi connectivity index (χ2v) is 8.74. The molecule has 0 saturated heterocycles. The standard InChI is InChI=1S/C18H17Br2Cl2N5O/c1-10-17(20)11(2)27(24-10)6-5-16(28)23-18-13(19)9-26(25-18)8-12-3-4-14(21)15(22)7-12/h3-4,7,9H,5-6,8H2,1-2H3,(H,23,25,28). The van der Waals surface area contributed by atoms with Crippen LogP contribution in [-0.4, -0.2) is 25.5 Å². The number of nitrogens with one attached hydrogen (secondary N) is 1. The van der Waals surface area contributed by atoms with Gasteiger partial charge in [0.1, 0.15) is 0 Å². The Morgan fingerprint density at radius 2 is 1.93 bits per heavy atom. The number of anilines is 1. The predicted octanol–water partition coefficient (Wildman–Crippen LogP) is 5.61. The van der Waals surface area contributed by atoms with Crippen molar-refractivity contribution >= 4 is 66.8 Å². The van der Waals surface area contributed by atoms with E-state index in [0.29, 0.717) is 39.8 Å². The van der Waals surface area contributed by atoms with Crippen molar-refractivity contribution in [2.45, 2.75) is 33.4 Å². The monoisotopic (exact) mass is 547 g/mol. The number of aryl methyl sites for hydroxylation is 2. The number of halogens is 4. The Kier molecular flexibility index (Phi) is 6.85. The van der Waals surface area contributed by atoms with Gasteiger partial charge in [0.05, 0.1) is 37.8 Å². The molecule has 2 heterocycles. The Bertz CT molecular complexity index is 1030. The molecule has 28 heavy (non-hydrogen) atoms. The van der Waals surface area contributed by atoms with Crippen molar-refractivity contribution in [1.29, 1.82) is 0 Å². The van der Waals surface area contributed by atoms with Gasteiger partial charge in [0.15, 0.2) is 5.82 Å². The molecule has 0 atom stereocenters. The lowest BCUT2D eigenvalue weighted by atomic mass is 10.2. The van der Waals surface area contributed by atoms with E-state index in [2.05, 4.69) is 47.4 Å². The molecule has 148 valence electrons. The number of hydrogen-bond acceptors (Lipinski definition) is 3. The first-order valence-corrected chi connectivity index (χ1v) is 10.7. The summed E-state index contributed by atoms with van der Waals surface area (Å²) in [6.07, 6.45) is 2.09. The molecule has 6 nitrogen and oxygen atoms in total. The lowest BCUT2D eigenvalue weighted by Crippen LogP contribution is -2.16. The molecule has 0 fully saturated rings. The molecular formula is C18H17Br2Cl2N5O. The summed E-state index contributed by atoms with van der Waals surface area (Å²) in [6.45, 7) is 4.88. The third kappa shape index (κ3) is 4.97. The van der Waals surface area contributed by atoms with Crippen LogP contribution < -0.4 is 5.32 Å². The maximum atomic E-state index is 12.3. The summed E-state index contributed by atoms with van der Waals surface area (Å²) in [5.74, 6) is 0.337. The largest absolute Gasteiger partial charge is 0.308 e. The first-order chi connectivity index (χ1) is 13.2. The second kappa shape index (κ2) is 8.98. The number of hydrogen-bond donors (Lipinski definition) is 1. The molecule has 1 amide bonds. The molecule has 0 saturated carbocycles. The van der Waals surface area contributed by atoms with Gasteiger partial charge in [-0.05, 0) is 63.4 Å². The van der Waals surface area contributed by atoms with E-state index in [-0.39, 0.29) is 5.91 Å². The summed E-state index contributed by atoms with van der Waals surface area (Å²) in [7, 11) is 0. The van der Waals surface area contributed by atoms with E-state index < -0.39 is 0 Å². The van der Waals surface area contributed by atoms with Gasteiger partial charge in [0.2, 0.25) is 5.91 Å². The summed E-state index contributed by atoms with van der Waals surface area (Å²) in [5.41, 5.74) is 2.86. The van der Waals surface area contributed by atoms with Crippen molar-refractivity contribution in [2.75, 3.05) is 5.32 Å². The van der Waals surface area contributed by atoms with Crippen molar-refractivity contribution in [1.82, 2.24) is 19.6 Å². The van der Waals surface area contributed by atoms with Crippen LogP contribution in [0, 0.1) is 13.8 Å². The van der Waals surface area contributed by atoms with E-state index in [1.165, 1.54) is 0 Å². The van der Waals surface area contributed by atoms with E-state index >= 15 is 0 Å². The summed E-state index contributed by atoms with van der Waals surface area (Å²) in [6, 6.07) is 5.43. The van der Waals surface area contributed by atoms with E-state index in [1.54, 1.807) is 23.0 Å². The molecule has 1 N–H and O–H groups in total. The smallest absolute Gasteiger partial charge is 0.227 e. The number of amides is 1. The molecule has 2 aromatic heterocycles. The van der Waals surface area contributed by atoms with Gasteiger partial charge in [0.25, 0.3) is 0 Å². The highest BCUT2D eigenvalue weighted by atomic mass is 79.9. The van der Waals surface area contributed by atoms with Gasteiger partial charge in [-0.2, -0.15) is 10.2 Å². The maximum absolute atomic E-state index is 12.3. The molecule has 0 spiro atoms. The van der Waals surface area contributed by atoms with Crippen LogP contribution in [0.25, 0.3) is 0 Å². The Morgan fingerprint density at radius 3 is 2.57 bits per heavy atom. The predicted molar refractivity (Wildman–Crippen MR) is 118 cm³/mol. The topological polar surface area (TPSA) is 64.7 Å². The van der Waals surface area contributed by atoms with Crippen molar-refractivity contribution in [2.24, 2.45) is 0 Å². The van der Waals surface area contributed by atoms with Crippen LogP contribution in [0.3, 0.4) is 0 Å². The second-order valence-electron chi connectivity index (χ2n) is 6.28. The van der Waals surface area contributed by atoms with Gasteiger partial charge in [0, 0.05) is 18.3 Å². The van der Waals surface area contributed by atoms with Crippen molar-refractivity contribution in [3.05, 3.63) is 60.3 Å². The Hall–Kier alpha value is -1.35. The highest BCUT2D eigenvalue weighted by Crippen LogP contribution is 2.25. The molecule has 0 aliphatic rings. The van der Waals surface area contributed by atoms with Crippen LogP contribution in [0.5, 0.6) is 0 Å². The van der Waals surface area contributed by atoms with Gasteiger partial charge in [-0.25, -0.2) is 0 Å². The van der Waals surface area contributed by atoms with Crippen LogP contribution in [-0.2, 0) is 17.9 Å². The molecule has 3 rings (SSSR count). The average Bonchev–Trinajstić information content (AvgIpc) is 3.10. The summed E-state index contributed by atoms with van der Waals surface area (Å²) in [4.78, 5) is 12.3. The summed E-state index contributed by atoms with van der Waals surface area (Å²) in [5, 5.41) is 12.7. The van der Waals surface area contributed by atoms with Crippen LogP contribution in [0.2, 0.25) is 10.0 Å². The minimum atomic E-state index is -0.135. The molecule has 0 radical (unpaired) electrons. The molecule has 10 heteroatoms. The highest BCUT2D eigenvalue weighted by molar-refractivity contribution is 9.11. The number of aromatic nitrogens is 4. The van der Waals surface area contributed by atoms with Crippen LogP contribution in [0.1, 0.15) is 23.4 Å². The van der Waals surface area contributed by atoms with Crippen LogP contribution >= 0.6 is 55.1 Å². The molecular weight excluding hydrogens is 533 g/mol. The average molecular weight is 550 g/mol. The molecule has 0 aliphatic carbocycles. The van der Waals surface area contributed by atoms with Gasteiger partial charge in [-0.1, -0.05) is 29.3 Å². The van der Waals surface area contributed by atoms with Gasteiger partial charge in [-0.15, -0.1) is 0 Å². The molecule has 0 unspecified atom stereocenters. The molecule has 3 aromatic rings. The van der Waals surface area contributed by atoms with Gasteiger partial charge in [-0.3, -0.25) is 14.2 Å². The number of rotatable bonds is 6. The fraction of sp³-hybridized carbons (Fsp3) is 0.278. The third-order valence-corrected chi connectivity index (χ3v) is 6.61. The zero-order chi connectivity index (χ0) is 20.4. The van der Waals surface area contributed by atoms with E-state index in [0.717, 1.165) is 21.4 Å². The maximum Gasteiger partial charge on any atom is 0.227 e. The first kappa shape index (κ1) is 21.4. The van der Waals surface area contributed by atoms with Crippen molar-refractivity contribution in [3.63, 3.8) is 0 Å². The summed E-state index contributed by atoms with van der Waals surface area (Å²) >= 11 is 18.9. The van der Waals surface area contributed by atoms with Crippen LogP contribution in [0.4, 0.5) is 5.82 Å². The Morgan fingerprint density at radius 1 is 1.18 bits per heavy atom. The Labute approximate surface area is 189 Å². The first-order valence-electron chi connectivity index (χ1n) is 8.41. The van der Waals surface area contributed by atoms with E-state index in [4.69, 9.17) is 23.2 Å². The normalized spacial score (nSPS) is 11.1. The minimum Gasteiger partial charge on any atom is -0.308 e. The lowest BCUT2D eigenvalue weighted by molar-refractivity contribution is -0.116. The zero-order valence-corrected chi connectivity index (χ0v) is 19.8. The fourth-order valence-electron chi connectivity index (χ4n) is 2.68. The number of nitrogens with zero attached hydrogens (tertiary/aromatic N) is 4. The van der Waals surface area contributed by atoms with Crippen LogP contribution in [0.15, 0.2) is 33.3 Å². The van der Waals surface area contributed by atoms with Gasteiger partial charge >= 0.3 is 0 Å². The van der Waals surface area contributed by atoms with Crippen molar-refractivity contribution in [3.8, 4) is 0 Å². The van der Waals surface area contributed by atoms with Gasteiger partial charge < -0.3 is 5.32 Å². The fourth-order valence-corrected chi connectivity index (χ4v) is 3.70. The highest BCUT2D eigenvalue weighted by Gasteiger charge is 2.13. The molecule has 0 bridgehead atoms. The summed E-state index contributed by atoms with van der Waals surface area (Å²) < 4.78 is 5.21. The third-order valence-electron chi connectivity index (χ3n) is 4.15. The quantitative estimate of drug-likeness (QED) is 0.435. The van der Waals surface area contributed by atoms with E-state index in [9.17, 15) is 4.79 Å². The zero-order valence-electron chi connectivity index (χ0n) is 15.1.